The molecule has 17 heavy (non-hydrogen) atoms. The summed E-state index contributed by atoms with van der Waals surface area (Å²) >= 11 is 0. The lowest BCUT2D eigenvalue weighted by atomic mass is 10.2. The van der Waals surface area contributed by atoms with Crippen molar-refractivity contribution in [2.24, 2.45) is 0 Å². The van der Waals surface area contributed by atoms with E-state index in [0.29, 0.717) is 18.4 Å². The van der Waals surface area contributed by atoms with Gasteiger partial charge in [0.15, 0.2) is 0 Å². The maximum atomic E-state index is 5.30. The number of ether oxygens (including phenoxy) is 1. The van der Waals surface area contributed by atoms with Gasteiger partial charge >= 0.3 is 0 Å². The van der Waals surface area contributed by atoms with E-state index in [2.05, 4.69) is 15.3 Å². The van der Waals surface area contributed by atoms with E-state index in [0.717, 1.165) is 5.76 Å². The Kier molecular flexibility index (Phi) is 3.59. The predicted octanol–water partition coefficient (Wildman–Crippen LogP) is 2.64. The molecule has 2 heterocycles. The molecule has 0 fully saturated rings. The topological polar surface area (TPSA) is 60.2 Å². The van der Waals surface area contributed by atoms with Crippen LogP contribution in [-0.2, 0) is 0 Å². The Morgan fingerprint density at radius 2 is 2.35 bits per heavy atom. The lowest BCUT2D eigenvalue weighted by molar-refractivity contribution is 0.326. The molecular weight excluding hydrogens is 218 g/mol. The number of hydrogen-bond donors (Lipinski definition) is 1. The Labute approximate surface area is 99.8 Å². The lowest BCUT2D eigenvalue weighted by Gasteiger charge is -2.11. The summed E-state index contributed by atoms with van der Waals surface area (Å²) in [7, 11) is 0. The van der Waals surface area contributed by atoms with Crippen molar-refractivity contribution < 1.29 is 9.15 Å². The van der Waals surface area contributed by atoms with Gasteiger partial charge in [0.2, 0.25) is 11.8 Å². The van der Waals surface area contributed by atoms with E-state index in [-0.39, 0.29) is 6.04 Å². The van der Waals surface area contributed by atoms with Gasteiger partial charge in [-0.25, -0.2) is 4.98 Å². The summed E-state index contributed by atoms with van der Waals surface area (Å²) < 4.78 is 10.6. The normalized spacial score (nSPS) is 12.1. The zero-order valence-corrected chi connectivity index (χ0v) is 9.88. The molecule has 0 aliphatic carbocycles. The van der Waals surface area contributed by atoms with Crippen molar-refractivity contribution in [2.75, 3.05) is 11.9 Å². The van der Waals surface area contributed by atoms with Crippen LogP contribution in [0.2, 0.25) is 0 Å². The largest absolute Gasteiger partial charge is 0.478 e. The average molecular weight is 233 g/mol. The molecule has 0 saturated carbocycles. The monoisotopic (exact) mass is 233 g/mol. The average Bonchev–Trinajstić information content (AvgIpc) is 2.83. The predicted molar refractivity (Wildman–Crippen MR) is 63.9 cm³/mol. The quantitative estimate of drug-likeness (QED) is 0.860. The smallest absolute Gasteiger partial charge is 0.226 e. The van der Waals surface area contributed by atoms with Crippen molar-refractivity contribution in [3.8, 4) is 5.88 Å². The number of anilines is 1. The van der Waals surface area contributed by atoms with Crippen LogP contribution in [0.15, 0.2) is 35.1 Å². The summed E-state index contributed by atoms with van der Waals surface area (Å²) in [5, 5.41) is 3.15. The van der Waals surface area contributed by atoms with Crippen molar-refractivity contribution in [1.82, 2.24) is 9.97 Å². The van der Waals surface area contributed by atoms with Crippen molar-refractivity contribution >= 4 is 5.95 Å². The Morgan fingerprint density at radius 3 is 3.06 bits per heavy atom. The van der Waals surface area contributed by atoms with Gasteiger partial charge in [-0.1, -0.05) is 0 Å². The molecule has 0 aliphatic heterocycles. The van der Waals surface area contributed by atoms with E-state index in [1.807, 2.05) is 26.0 Å². The Bertz CT molecular complexity index is 457. The SMILES string of the molecule is CCOc1ccnc(NC(C)c2ccco2)n1. The maximum Gasteiger partial charge on any atom is 0.226 e. The number of furan rings is 1. The standard InChI is InChI=1S/C12H15N3O2/c1-3-16-11-6-7-13-12(15-11)14-9(2)10-5-4-8-17-10/h4-9H,3H2,1-2H3,(H,13,14,15). The lowest BCUT2D eigenvalue weighted by Crippen LogP contribution is -2.09. The second-order valence-electron chi connectivity index (χ2n) is 3.53. The summed E-state index contributed by atoms with van der Waals surface area (Å²) in [6.07, 6.45) is 3.31. The number of aromatic nitrogens is 2. The van der Waals surface area contributed by atoms with Crippen LogP contribution in [0.25, 0.3) is 0 Å². The Hall–Kier alpha value is -2.04. The molecule has 0 saturated heterocycles. The van der Waals surface area contributed by atoms with Gasteiger partial charge in [0, 0.05) is 12.3 Å². The molecule has 5 nitrogen and oxygen atoms in total. The molecule has 0 aliphatic rings. The minimum absolute atomic E-state index is 0.0156. The highest BCUT2D eigenvalue weighted by molar-refractivity contribution is 5.30. The first-order valence-corrected chi connectivity index (χ1v) is 5.55. The molecule has 1 atom stereocenters. The van der Waals surface area contributed by atoms with Crippen LogP contribution in [0, 0.1) is 0 Å². The van der Waals surface area contributed by atoms with Gasteiger partial charge in [-0.2, -0.15) is 4.98 Å². The third-order valence-electron chi connectivity index (χ3n) is 2.24. The maximum absolute atomic E-state index is 5.30. The fourth-order valence-corrected chi connectivity index (χ4v) is 1.44. The van der Waals surface area contributed by atoms with Crippen LogP contribution in [0.3, 0.4) is 0 Å². The van der Waals surface area contributed by atoms with Crippen LogP contribution in [0.1, 0.15) is 25.6 Å². The number of nitrogens with one attached hydrogen (secondary N) is 1. The molecule has 0 aromatic carbocycles. The zero-order chi connectivity index (χ0) is 12.1. The van der Waals surface area contributed by atoms with Gasteiger partial charge in [-0.05, 0) is 26.0 Å². The molecule has 2 aromatic heterocycles. The molecule has 5 heteroatoms. The van der Waals surface area contributed by atoms with Crippen molar-refractivity contribution in [3.63, 3.8) is 0 Å². The number of hydrogen-bond acceptors (Lipinski definition) is 5. The molecule has 0 amide bonds. The third kappa shape index (κ3) is 2.96. The highest BCUT2D eigenvalue weighted by atomic mass is 16.5. The molecule has 2 aromatic rings. The Morgan fingerprint density at radius 1 is 1.47 bits per heavy atom. The summed E-state index contributed by atoms with van der Waals surface area (Å²) in [4.78, 5) is 8.35. The Balaban J connectivity index is 2.05. The third-order valence-corrected chi connectivity index (χ3v) is 2.24. The van der Waals surface area contributed by atoms with E-state index in [4.69, 9.17) is 9.15 Å². The highest BCUT2D eigenvalue weighted by Crippen LogP contribution is 2.18. The summed E-state index contributed by atoms with van der Waals surface area (Å²) in [6.45, 7) is 4.49. The number of rotatable bonds is 5. The highest BCUT2D eigenvalue weighted by Gasteiger charge is 2.09. The van der Waals surface area contributed by atoms with Gasteiger partial charge < -0.3 is 14.5 Å². The van der Waals surface area contributed by atoms with E-state index in [9.17, 15) is 0 Å². The van der Waals surface area contributed by atoms with E-state index >= 15 is 0 Å². The first kappa shape index (κ1) is 11.4. The van der Waals surface area contributed by atoms with Crippen molar-refractivity contribution in [2.45, 2.75) is 19.9 Å². The van der Waals surface area contributed by atoms with Crippen LogP contribution in [0.4, 0.5) is 5.95 Å². The molecule has 0 radical (unpaired) electrons. The van der Waals surface area contributed by atoms with E-state index in [1.54, 1.807) is 18.5 Å². The molecular formula is C12H15N3O2. The summed E-state index contributed by atoms with van der Waals surface area (Å²) in [5.41, 5.74) is 0. The zero-order valence-electron chi connectivity index (χ0n) is 9.88. The van der Waals surface area contributed by atoms with E-state index < -0.39 is 0 Å². The van der Waals surface area contributed by atoms with Gasteiger partial charge in [0.05, 0.1) is 18.9 Å². The van der Waals surface area contributed by atoms with Gasteiger partial charge in [0.25, 0.3) is 0 Å². The number of nitrogens with zero attached hydrogens (tertiary/aromatic N) is 2. The first-order chi connectivity index (χ1) is 8.29. The molecule has 90 valence electrons. The van der Waals surface area contributed by atoms with Gasteiger partial charge in [-0.15, -0.1) is 0 Å². The molecule has 0 bridgehead atoms. The first-order valence-electron chi connectivity index (χ1n) is 5.55. The second kappa shape index (κ2) is 5.34. The summed E-state index contributed by atoms with van der Waals surface area (Å²) in [6, 6.07) is 5.50. The molecule has 1 unspecified atom stereocenters. The van der Waals surface area contributed by atoms with Crippen LogP contribution in [0.5, 0.6) is 5.88 Å². The minimum atomic E-state index is 0.0156. The van der Waals surface area contributed by atoms with Crippen molar-refractivity contribution in [1.29, 1.82) is 0 Å². The van der Waals surface area contributed by atoms with Gasteiger partial charge in [-0.3, -0.25) is 0 Å². The van der Waals surface area contributed by atoms with E-state index in [1.165, 1.54) is 0 Å². The second-order valence-corrected chi connectivity index (χ2v) is 3.53. The van der Waals surface area contributed by atoms with Crippen LogP contribution in [-0.4, -0.2) is 16.6 Å². The fourth-order valence-electron chi connectivity index (χ4n) is 1.44. The van der Waals surface area contributed by atoms with Gasteiger partial charge in [0.1, 0.15) is 5.76 Å². The molecule has 1 N–H and O–H groups in total. The summed E-state index contributed by atoms with van der Waals surface area (Å²) in [5.74, 6) is 1.94. The molecule has 2 rings (SSSR count). The molecule has 0 spiro atoms. The van der Waals surface area contributed by atoms with Crippen LogP contribution < -0.4 is 10.1 Å². The van der Waals surface area contributed by atoms with Crippen LogP contribution >= 0.6 is 0 Å². The minimum Gasteiger partial charge on any atom is -0.478 e. The fraction of sp³-hybridized carbons (Fsp3) is 0.333. The van der Waals surface area contributed by atoms with Crippen molar-refractivity contribution in [3.05, 3.63) is 36.4 Å².